The number of alkyl halides is 1. The Labute approximate surface area is 86.0 Å². The molecule has 2 nitrogen and oxygen atoms in total. The van der Waals surface area contributed by atoms with Gasteiger partial charge in [-0.05, 0) is 18.1 Å². The lowest BCUT2D eigenvalue weighted by molar-refractivity contribution is 0.586. The Morgan fingerprint density at radius 2 is 2.00 bits per heavy atom. The van der Waals surface area contributed by atoms with E-state index < -0.39 is 9.84 Å². The minimum atomic E-state index is -3.00. The van der Waals surface area contributed by atoms with E-state index in [1.807, 2.05) is 12.1 Å². The molecule has 0 amide bonds. The maximum absolute atomic E-state index is 11.6. The van der Waals surface area contributed by atoms with Crippen molar-refractivity contribution < 1.29 is 8.42 Å². The first-order valence-corrected chi connectivity index (χ1v) is 6.64. The largest absolute Gasteiger partial charge is 0.224 e. The fourth-order valence-corrected chi connectivity index (χ4v) is 4.25. The highest BCUT2D eigenvalue weighted by atomic mass is 79.9. The van der Waals surface area contributed by atoms with Gasteiger partial charge in [-0.2, -0.15) is 0 Å². The maximum Gasteiger partial charge on any atom is 0.178 e. The summed E-state index contributed by atoms with van der Waals surface area (Å²) >= 11 is 3.47. The van der Waals surface area contributed by atoms with E-state index in [-0.39, 0.29) is 10.6 Å². The van der Waals surface area contributed by atoms with Crippen LogP contribution < -0.4 is 0 Å². The molecule has 0 aliphatic carbocycles. The van der Waals surface area contributed by atoms with Crippen LogP contribution in [0.15, 0.2) is 29.2 Å². The molecule has 1 aromatic carbocycles. The summed E-state index contributed by atoms with van der Waals surface area (Å²) in [6.07, 6.45) is 0.666. The highest BCUT2D eigenvalue weighted by Gasteiger charge is 2.27. The van der Waals surface area contributed by atoms with Gasteiger partial charge in [-0.3, -0.25) is 0 Å². The van der Waals surface area contributed by atoms with Gasteiger partial charge >= 0.3 is 0 Å². The van der Waals surface area contributed by atoms with Crippen LogP contribution in [0.3, 0.4) is 0 Å². The molecule has 4 heteroatoms. The molecule has 1 heterocycles. The molecule has 0 fully saturated rings. The Balaban J connectivity index is 2.68. The number of halogens is 1. The summed E-state index contributed by atoms with van der Waals surface area (Å²) in [5.41, 5.74) is 0.897. The summed E-state index contributed by atoms with van der Waals surface area (Å²) in [6.45, 7) is 0. The van der Waals surface area contributed by atoms with Gasteiger partial charge in [0.2, 0.25) is 0 Å². The molecule has 0 saturated heterocycles. The fraction of sp³-hybridized carbons (Fsp3) is 0.333. The van der Waals surface area contributed by atoms with E-state index in [1.165, 1.54) is 0 Å². The van der Waals surface area contributed by atoms with Crippen LogP contribution in [0.4, 0.5) is 0 Å². The minimum Gasteiger partial charge on any atom is -0.224 e. The first kappa shape index (κ1) is 9.21. The van der Waals surface area contributed by atoms with Crippen molar-refractivity contribution in [2.24, 2.45) is 0 Å². The van der Waals surface area contributed by atoms with Crippen LogP contribution in [0.1, 0.15) is 16.8 Å². The Morgan fingerprint density at radius 1 is 1.31 bits per heavy atom. The number of sulfone groups is 1. The molecule has 0 spiro atoms. The molecular weight excluding hydrogens is 252 g/mol. The lowest BCUT2D eigenvalue weighted by Gasteiger charge is -2.20. The first-order valence-electron chi connectivity index (χ1n) is 4.07. The zero-order valence-corrected chi connectivity index (χ0v) is 9.31. The molecule has 0 bridgehead atoms. The van der Waals surface area contributed by atoms with E-state index in [0.717, 1.165) is 5.56 Å². The Morgan fingerprint density at radius 3 is 2.69 bits per heavy atom. The van der Waals surface area contributed by atoms with Gasteiger partial charge in [0.05, 0.1) is 10.6 Å². The monoisotopic (exact) mass is 260 g/mol. The van der Waals surface area contributed by atoms with Crippen LogP contribution in [0.2, 0.25) is 0 Å². The molecule has 2 rings (SSSR count). The maximum atomic E-state index is 11.6. The van der Waals surface area contributed by atoms with Crippen LogP contribution in [0, 0.1) is 0 Å². The smallest absolute Gasteiger partial charge is 0.178 e. The van der Waals surface area contributed by atoms with Gasteiger partial charge in [-0.15, -0.1) is 0 Å². The number of benzene rings is 1. The third-order valence-corrected chi connectivity index (χ3v) is 5.00. The van der Waals surface area contributed by atoms with Crippen LogP contribution in [-0.4, -0.2) is 14.2 Å². The molecule has 70 valence electrons. The van der Waals surface area contributed by atoms with E-state index in [0.29, 0.717) is 11.3 Å². The highest BCUT2D eigenvalue weighted by molar-refractivity contribution is 9.09. The molecule has 1 aliphatic heterocycles. The standard InChI is InChI=1S/C9H9BrO2S/c10-8-5-6-13(11,12)9-4-2-1-3-7(8)9/h1-4,8H,5-6H2/t8-/m0/s1. The second kappa shape index (κ2) is 3.10. The van der Waals surface area contributed by atoms with E-state index in [2.05, 4.69) is 15.9 Å². The normalized spacial score (nSPS) is 25.2. The molecule has 0 aromatic heterocycles. The summed E-state index contributed by atoms with van der Waals surface area (Å²) < 4.78 is 23.2. The van der Waals surface area contributed by atoms with Crippen molar-refractivity contribution in [3.8, 4) is 0 Å². The van der Waals surface area contributed by atoms with Crippen molar-refractivity contribution in [1.82, 2.24) is 0 Å². The minimum absolute atomic E-state index is 0.187. The van der Waals surface area contributed by atoms with Gasteiger partial charge in [-0.1, -0.05) is 34.1 Å². The van der Waals surface area contributed by atoms with Crippen LogP contribution in [0.25, 0.3) is 0 Å². The Hall–Kier alpha value is -0.350. The van der Waals surface area contributed by atoms with Crippen molar-refractivity contribution in [2.75, 3.05) is 5.75 Å². The molecule has 0 unspecified atom stereocenters. The van der Waals surface area contributed by atoms with Crippen LogP contribution in [-0.2, 0) is 9.84 Å². The number of hydrogen-bond acceptors (Lipinski definition) is 2. The molecule has 1 atom stereocenters. The van der Waals surface area contributed by atoms with E-state index in [4.69, 9.17) is 0 Å². The summed E-state index contributed by atoms with van der Waals surface area (Å²) in [5, 5.41) is 0. The molecule has 1 aromatic rings. The highest BCUT2D eigenvalue weighted by Crippen LogP contribution is 2.37. The summed E-state index contributed by atoms with van der Waals surface area (Å²) in [6, 6.07) is 7.18. The zero-order chi connectivity index (χ0) is 9.47. The lowest BCUT2D eigenvalue weighted by Crippen LogP contribution is -2.17. The van der Waals surface area contributed by atoms with Gasteiger partial charge in [0.25, 0.3) is 0 Å². The molecular formula is C9H9BrO2S. The van der Waals surface area contributed by atoms with E-state index >= 15 is 0 Å². The number of hydrogen-bond donors (Lipinski definition) is 0. The average molecular weight is 261 g/mol. The van der Waals surface area contributed by atoms with Gasteiger partial charge in [-0.25, -0.2) is 8.42 Å². The van der Waals surface area contributed by atoms with Crippen molar-refractivity contribution in [3.05, 3.63) is 29.8 Å². The summed E-state index contributed by atoms with van der Waals surface area (Å²) in [5.74, 6) is 0.250. The van der Waals surface area contributed by atoms with Gasteiger partial charge in [0, 0.05) is 4.83 Å². The Bertz CT molecular complexity index is 425. The molecule has 0 radical (unpaired) electrons. The van der Waals surface area contributed by atoms with Crippen LogP contribution >= 0.6 is 15.9 Å². The molecule has 0 saturated carbocycles. The SMILES string of the molecule is O=S1(=O)CC[C@H](Br)c2ccccc21. The first-order chi connectivity index (χ1) is 6.11. The predicted octanol–water partition coefficient (Wildman–Crippen LogP) is 2.30. The van der Waals surface area contributed by atoms with Gasteiger partial charge in [0.1, 0.15) is 0 Å². The van der Waals surface area contributed by atoms with E-state index in [9.17, 15) is 8.42 Å². The number of fused-ring (bicyclic) bond motifs is 1. The average Bonchev–Trinajstić information content (AvgIpc) is 2.13. The fourth-order valence-electron chi connectivity index (χ4n) is 1.55. The zero-order valence-electron chi connectivity index (χ0n) is 6.90. The molecule has 13 heavy (non-hydrogen) atoms. The van der Waals surface area contributed by atoms with Gasteiger partial charge in [0.15, 0.2) is 9.84 Å². The van der Waals surface area contributed by atoms with Gasteiger partial charge < -0.3 is 0 Å². The molecule has 1 aliphatic rings. The second-order valence-electron chi connectivity index (χ2n) is 3.11. The van der Waals surface area contributed by atoms with Crippen LogP contribution in [0.5, 0.6) is 0 Å². The third kappa shape index (κ3) is 1.53. The van der Waals surface area contributed by atoms with Crippen molar-refractivity contribution in [3.63, 3.8) is 0 Å². The summed E-state index contributed by atoms with van der Waals surface area (Å²) in [7, 11) is -3.00. The Kier molecular flexibility index (Phi) is 2.20. The van der Waals surface area contributed by atoms with Crippen molar-refractivity contribution in [2.45, 2.75) is 16.1 Å². The van der Waals surface area contributed by atoms with E-state index in [1.54, 1.807) is 12.1 Å². The topological polar surface area (TPSA) is 34.1 Å². The third-order valence-electron chi connectivity index (χ3n) is 2.23. The number of rotatable bonds is 0. The summed E-state index contributed by atoms with van der Waals surface area (Å²) in [4.78, 5) is 0.676. The molecule has 0 N–H and O–H groups in total. The van der Waals surface area contributed by atoms with Crippen molar-refractivity contribution in [1.29, 1.82) is 0 Å². The lowest BCUT2D eigenvalue weighted by atomic mass is 10.1. The predicted molar refractivity (Wildman–Crippen MR) is 54.8 cm³/mol. The van der Waals surface area contributed by atoms with Crippen molar-refractivity contribution >= 4 is 25.8 Å². The second-order valence-corrected chi connectivity index (χ2v) is 6.30. The quantitative estimate of drug-likeness (QED) is 0.671.